The van der Waals surface area contributed by atoms with Crippen molar-refractivity contribution in [3.05, 3.63) is 0 Å². The van der Waals surface area contributed by atoms with E-state index in [4.69, 9.17) is 4.74 Å². The number of hydrogen-bond acceptors (Lipinski definition) is 4. The fourth-order valence-corrected chi connectivity index (χ4v) is 2.82. The van der Waals surface area contributed by atoms with Gasteiger partial charge in [0.05, 0.1) is 6.26 Å². The van der Waals surface area contributed by atoms with Gasteiger partial charge < -0.3 is 10.1 Å². The van der Waals surface area contributed by atoms with Gasteiger partial charge in [-0.1, -0.05) is 0 Å². The molecule has 106 valence electrons. The highest BCUT2D eigenvalue weighted by atomic mass is 32.2. The minimum Gasteiger partial charge on any atom is -0.372 e. The van der Waals surface area contributed by atoms with Crippen LogP contribution in [0.3, 0.4) is 0 Å². The van der Waals surface area contributed by atoms with Crippen molar-refractivity contribution < 1.29 is 17.9 Å². The third-order valence-corrected chi connectivity index (χ3v) is 4.37. The van der Waals surface area contributed by atoms with E-state index in [0.29, 0.717) is 32.2 Å². The number of nitrogens with one attached hydrogen (secondary N) is 1. The van der Waals surface area contributed by atoms with Crippen LogP contribution in [0.15, 0.2) is 0 Å². The van der Waals surface area contributed by atoms with Gasteiger partial charge in [-0.05, 0) is 25.7 Å². The molecular weight excluding hydrogens is 256 g/mol. The van der Waals surface area contributed by atoms with Gasteiger partial charge in [-0.15, -0.1) is 0 Å². The third-order valence-electron chi connectivity index (χ3n) is 3.07. The largest absolute Gasteiger partial charge is 0.372 e. The number of carbonyl (C=O) groups excluding carboxylic acids is 1. The zero-order valence-corrected chi connectivity index (χ0v) is 11.8. The Labute approximate surface area is 109 Å². The molecule has 0 aromatic rings. The van der Waals surface area contributed by atoms with Gasteiger partial charge in [0.25, 0.3) is 0 Å². The van der Waals surface area contributed by atoms with E-state index in [-0.39, 0.29) is 12.5 Å². The smallest absolute Gasteiger partial charge is 0.246 e. The molecule has 1 saturated heterocycles. The fraction of sp³-hybridized carbons (Fsp3) is 0.909. The Morgan fingerprint density at radius 1 is 1.39 bits per heavy atom. The molecule has 0 aliphatic carbocycles. The van der Waals surface area contributed by atoms with Gasteiger partial charge >= 0.3 is 0 Å². The molecule has 1 N–H and O–H groups in total. The fourth-order valence-electron chi connectivity index (χ4n) is 1.95. The maximum Gasteiger partial charge on any atom is 0.246 e. The van der Waals surface area contributed by atoms with E-state index in [2.05, 4.69) is 5.32 Å². The SMILES string of the molecule is CCOCC(=O)NCC1CCN(S(C)(=O)=O)CC1. The van der Waals surface area contributed by atoms with Crippen molar-refractivity contribution in [3.8, 4) is 0 Å². The second-order valence-electron chi connectivity index (χ2n) is 4.55. The molecule has 0 saturated carbocycles. The first-order valence-corrected chi connectivity index (χ1v) is 8.08. The molecule has 6 nitrogen and oxygen atoms in total. The zero-order valence-electron chi connectivity index (χ0n) is 11.0. The highest BCUT2D eigenvalue weighted by Gasteiger charge is 2.24. The Hall–Kier alpha value is -0.660. The first-order valence-electron chi connectivity index (χ1n) is 6.23. The second kappa shape index (κ2) is 7.06. The van der Waals surface area contributed by atoms with E-state index < -0.39 is 10.0 Å². The molecule has 0 atom stereocenters. The summed E-state index contributed by atoms with van der Waals surface area (Å²) in [6.45, 7) is 4.16. The molecule has 1 aliphatic rings. The van der Waals surface area contributed by atoms with E-state index in [1.165, 1.54) is 10.6 Å². The Balaban J connectivity index is 2.22. The number of sulfonamides is 1. The van der Waals surface area contributed by atoms with E-state index in [1.807, 2.05) is 6.92 Å². The summed E-state index contributed by atoms with van der Waals surface area (Å²) in [5.41, 5.74) is 0. The van der Waals surface area contributed by atoms with Gasteiger partial charge in [-0.3, -0.25) is 4.79 Å². The summed E-state index contributed by atoms with van der Waals surface area (Å²) in [5.74, 6) is 0.246. The van der Waals surface area contributed by atoms with Gasteiger partial charge in [-0.2, -0.15) is 0 Å². The topological polar surface area (TPSA) is 75.7 Å². The molecule has 0 bridgehead atoms. The average molecular weight is 278 g/mol. The summed E-state index contributed by atoms with van der Waals surface area (Å²) in [4.78, 5) is 11.3. The lowest BCUT2D eigenvalue weighted by molar-refractivity contribution is -0.125. The van der Waals surface area contributed by atoms with Crippen molar-refractivity contribution in [1.29, 1.82) is 0 Å². The molecule has 1 aliphatic heterocycles. The summed E-state index contributed by atoms with van der Waals surface area (Å²) in [6.07, 6.45) is 2.82. The Bertz CT molecular complexity index is 361. The molecule has 1 amide bonds. The van der Waals surface area contributed by atoms with Crippen LogP contribution in [-0.4, -0.2) is 57.7 Å². The van der Waals surface area contributed by atoms with Gasteiger partial charge in [0.15, 0.2) is 0 Å². The van der Waals surface area contributed by atoms with Crippen LogP contribution in [0.25, 0.3) is 0 Å². The third kappa shape index (κ3) is 5.32. The van der Waals surface area contributed by atoms with Crippen LogP contribution in [-0.2, 0) is 19.6 Å². The van der Waals surface area contributed by atoms with Crippen molar-refractivity contribution >= 4 is 15.9 Å². The molecule has 1 fully saturated rings. The van der Waals surface area contributed by atoms with E-state index in [1.54, 1.807) is 0 Å². The van der Waals surface area contributed by atoms with Crippen LogP contribution < -0.4 is 5.32 Å². The van der Waals surface area contributed by atoms with Crippen LogP contribution in [0.1, 0.15) is 19.8 Å². The Morgan fingerprint density at radius 2 is 2.00 bits per heavy atom. The van der Waals surface area contributed by atoms with Crippen LogP contribution in [0.5, 0.6) is 0 Å². The highest BCUT2D eigenvalue weighted by molar-refractivity contribution is 7.88. The molecule has 0 unspecified atom stereocenters. The van der Waals surface area contributed by atoms with Crippen molar-refractivity contribution in [1.82, 2.24) is 9.62 Å². The molecule has 7 heteroatoms. The molecule has 0 spiro atoms. The predicted molar refractivity (Wildman–Crippen MR) is 68.6 cm³/mol. The molecule has 0 aromatic carbocycles. The number of ether oxygens (including phenoxy) is 1. The summed E-state index contributed by atoms with van der Waals surface area (Å²) < 4.78 is 29.1. The maximum atomic E-state index is 11.3. The van der Waals surface area contributed by atoms with Crippen molar-refractivity contribution in [3.63, 3.8) is 0 Å². The minimum atomic E-state index is -3.07. The van der Waals surface area contributed by atoms with Gasteiger partial charge in [0.2, 0.25) is 15.9 Å². The lowest BCUT2D eigenvalue weighted by Gasteiger charge is -2.30. The summed E-state index contributed by atoms with van der Waals surface area (Å²) >= 11 is 0. The number of rotatable bonds is 6. The number of carbonyl (C=O) groups is 1. The summed E-state index contributed by atoms with van der Waals surface area (Å²) in [6, 6.07) is 0. The van der Waals surface area contributed by atoms with Gasteiger partial charge in [-0.25, -0.2) is 12.7 Å². The molecule has 0 radical (unpaired) electrons. The molecule has 0 aromatic heterocycles. The average Bonchev–Trinajstić information content (AvgIpc) is 2.33. The standard InChI is InChI=1S/C11H22N2O4S/c1-3-17-9-11(14)12-8-10-4-6-13(7-5-10)18(2,15)16/h10H,3-9H2,1-2H3,(H,12,14). The van der Waals surface area contributed by atoms with E-state index in [0.717, 1.165) is 12.8 Å². The quantitative estimate of drug-likeness (QED) is 0.731. The zero-order chi connectivity index (χ0) is 13.6. The van der Waals surface area contributed by atoms with Crippen LogP contribution >= 0.6 is 0 Å². The second-order valence-corrected chi connectivity index (χ2v) is 6.53. The lowest BCUT2D eigenvalue weighted by Crippen LogP contribution is -2.41. The molecule has 1 heterocycles. The monoisotopic (exact) mass is 278 g/mol. The van der Waals surface area contributed by atoms with Crippen LogP contribution in [0.4, 0.5) is 0 Å². The molecule has 1 rings (SSSR count). The molecular formula is C11H22N2O4S. The van der Waals surface area contributed by atoms with E-state index >= 15 is 0 Å². The van der Waals surface area contributed by atoms with Crippen molar-refractivity contribution in [2.45, 2.75) is 19.8 Å². The van der Waals surface area contributed by atoms with Crippen LogP contribution in [0, 0.1) is 5.92 Å². The van der Waals surface area contributed by atoms with Crippen molar-refractivity contribution in [2.75, 3.05) is 39.1 Å². The first kappa shape index (κ1) is 15.4. The number of nitrogens with zero attached hydrogens (tertiary/aromatic N) is 1. The Kier molecular flexibility index (Phi) is 6.04. The predicted octanol–water partition coefficient (Wildman–Crippen LogP) is -0.189. The van der Waals surface area contributed by atoms with Gasteiger partial charge in [0.1, 0.15) is 6.61 Å². The summed E-state index contributed by atoms with van der Waals surface area (Å²) in [7, 11) is -3.07. The summed E-state index contributed by atoms with van der Waals surface area (Å²) in [5, 5.41) is 2.81. The lowest BCUT2D eigenvalue weighted by atomic mass is 9.98. The first-order chi connectivity index (χ1) is 8.43. The number of hydrogen-bond donors (Lipinski definition) is 1. The maximum absolute atomic E-state index is 11.3. The van der Waals surface area contributed by atoms with Gasteiger partial charge in [0, 0.05) is 26.2 Å². The molecule has 18 heavy (non-hydrogen) atoms. The number of piperidine rings is 1. The Morgan fingerprint density at radius 3 is 2.50 bits per heavy atom. The minimum absolute atomic E-state index is 0.0959. The number of amides is 1. The van der Waals surface area contributed by atoms with E-state index in [9.17, 15) is 13.2 Å². The normalized spacial score (nSPS) is 18.8. The van der Waals surface area contributed by atoms with Crippen molar-refractivity contribution in [2.24, 2.45) is 5.92 Å². The highest BCUT2D eigenvalue weighted by Crippen LogP contribution is 2.18. The van der Waals surface area contributed by atoms with Crippen LogP contribution in [0.2, 0.25) is 0 Å².